The number of hydrogen-bond donors (Lipinski definition) is 2. The van der Waals surface area contributed by atoms with Crippen molar-refractivity contribution in [3.8, 4) is 12.3 Å². The first kappa shape index (κ1) is 13.4. The minimum absolute atomic E-state index is 0.0300. The molecule has 82 valence electrons. The van der Waals surface area contributed by atoms with Gasteiger partial charge in [-0.25, -0.2) is 0 Å². The molecule has 3 N–H and O–H groups in total. The van der Waals surface area contributed by atoms with Gasteiger partial charge in [0, 0.05) is 13.0 Å². The van der Waals surface area contributed by atoms with Gasteiger partial charge in [-0.15, -0.1) is 12.3 Å². The Morgan fingerprint density at radius 1 is 1.43 bits per heavy atom. The third-order valence-corrected chi connectivity index (χ3v) is 2.79. The summed E-state index contributed by atoms with van der Waals surface area (Å²) < 4.78 is 5.80. The molecule has 0 aromatic rings. The summed E-state index contributed by atoms with van der Waals surface area (Å²) in [5, 5.41) is 0. The van der Waals surface area contributed by atoms with Gasteiger partial charge < -0.3 is 4.74 Å². The van der Waals surface area contributed by atoms with E-state index < -0.39 is 0 Å². The first-order chi connectivity index (χ1) is 6.70. The number of nitrogens with one attached hydrogen (secondary N) is 1. The molecule has 0 aliphatic rings. The van der Waals surface area contributed by atoms with E-state index in [0.29, 0.717) is 13.0 Å². The zero-order chi connectivity index (χ0) is 11.0. The van der Waals surface area contributed by atoms with Crippen LogP contribution >= 0.6 is 0 Å². The molecule has 0 saturated heterocycles. The van der Waals surface area contributed by atoms with Gasteiger partial charge >= 0.3 is 0 Å². The zero-order valence-corrected chi connectivity index (χ0v) is 9.47. The van der Waals surface area contributed by atoms with Crippen LogP contribution in [-0.4, -0.2) is 18.2 Å². The molecule has 1 unspecified atom stereocenters. The van der Waals surface area contributed by atoms with E-state index >= 15 is 0 Å². The smallest absolute Gasteiger partial charge is 0.0852 e. The van der Waals surface area contributed by atoms with E-state index in [1.807, 2.05) is 6.92 Å². The van der Waals surface area contributed by atoms with E-state index in [1.54, 1.807) is 0 Å². The van der Waals surface area contributed by atoms with Gasteiger partial charge in [-0.1, -0.05) is 13.8 Å². The maximum atomic E-state index is 5.80. The first-order valence-corrected chi connectivity index (χ1v) is 5.24. The van der Waals surface area contributed by atoms with Crippen LogP contribution in [-0.2, 0) is 4.74 Å². The second kappa shape index (κ2) is 6.83. The summed E-state index contributed by atoms with van der Waals surface area (Å²) in [6, 6.07) is 0.0300. The molecular formula is C11H22N2O. The van der Waals surface area contributed by atoms with Gasteiger partial charge in [0.2, 0.25) is 0 Å². The third-order valence-electron chi connectivity index (χ3n) is 2.79. The predicted molar refractivity (Wildman–Crippen MR) is 59.5 cm³/mol. The van der Waals surface area contributed by atoms with Crippen LogP contribution in [0.15, 0.2) is 0 Å². The van der Waals surface area contributed by atoms with Gasteiger partial charge in [-0.05, 0) is 19.8 Å². The van der Waals surface area contributed by atoms with Crippen molar-refractivity contribution in [1.29, 1.82) is 0 Å². The molecule has 0 saturated carbocycles. The SMILES string of the molecule is C#CCC(NN)C(CC)(CC)OCC. The molecule has 0 heterocycles. The molecule has 0 aromatic heterocycles. The molecule has 0 fully saturated rings. The van der Waals surface area contributed by atoms with Crippen molar-refractivity contribution in [3.63, 3.8) is 0 Å². The van der Waals surface area contributed by atoms with Gasteiger partial charge in [0.1, 0.15) is 0 Å². The van der Waals surface area contributed by atoms with Crippen molar-refractivity contribution >= 4 is 0 Å². The predicted octanol–water partition coefficient (Wildman–Crippen LogP) is 1.44. The Labute approximate surface area is 87.4 Å². The molecule has 0 spiro atoms. The van der Waals surface area contributed by atoms with Crippen LogP contribution in [0, 0.1) is 12.3 Å². The lowest BCUT2D eigenvalue weighted by Gasteiger charge is -2.38. The van der Waals surface area contributed by atoms with Crippen LogP contribution in [0.3, 0.4) is 0 Å². The van der Waals surface area contributed by atoms with Crippen molar-refractivity contribution in [2.45, 2.75) is 51.7 Å². The molecular weight excluding hydrogens is 176 g/mol. The molecule has 3 nitrogen and oxygen atoms in total. The summed E-state index contributed by atoms with van der Waals surface area (Å²) >= 11 is 0. The van der Waals surface area contributed by atoms with Crippen molar-refractivity contribution in [3.05, 3.63) is 0 Å². The van der Waals surface area contributed by atoms with Crippen molar-refractivity contribution in [2.75, 3.05) is 6.61 Å². The fraction of sp³-hybridized carbons (Fsp3) is 0.818. The average molecular weight is 198 g/mol. The summed E-state index contributed by atoms with van der Waals surface area (Å²) in [6.45, 7) is 6.87. The van der Waals surface area contributed by atoms with Crippen LogP contribution in [0.1, 0.15) is 40.0 Å². The Morgan fingerprint density at radius 3 is 2.29 bits per heavy atom. The first-order valence-electron chi connectivity index (χ1n) is 5.24. The van der Waals surface area contributed by atoms with Crippen LogP contribution in [0.4, 0.5) is 0 Å². The highest BCUT2D eigenvalue weighted by atomic mass is 16.5. The van der Waals surface area contributed by atoms with Crippen LogP contribution < -0.4 is 11.3 Å². The minimum Gasteiger partial charge on any atom is -0.374 e. The number of nitrogens with two attached hydrogens (primary N) is 1. The van der Waals surface area contributed by atoms with E-state index in [1.165, 1.54) is 0 Å². The highest BCUT2D eigenvalue weighted by Gasteiger charge is 2.35. The van der Waals surface area contributed by atoms with Gasteiger partial charge in [-0.3, -0.25) is 11.3 Å². The monoisotopic (exact) mass is 198 g/mol. The van der Waals surface area contributed by atoms with Crippen molar-refractivity contribution in [1.82, 2.24) is 5.43 Å². The summed E-state index contributed by atoms with van der Waals surface area (Å²) in [4.78, 5) is 0. The largest absolute Gasteiger partial charge is 0.374 e. The highest BCUT2D eigenvalue weighted by molar-refractivity contribution is 4.99. The molecule has 1 atom stereocenters. The van der Waals surface area contributed by atoms with E-state index in [2.05, 4.69) is 25.2 Å². The molecule has 0 bridgehead atoms. The summed E-state index contributed by atoms with van der Waals surface area (Å²) in [5.74, 6) is 8.13. The Morgan fingerprint density at radius 2 is 2.00 bits per heavy atom. The Kier molecular flexibility index (Phi) is 6.56. The lowest BCUT2D eigenvalue weighted by molar-refractivity contribution is -0.0709. The third kappa shape index (κ3) is 2.98. The molecule has 0 aromatic carbocycles. The van der Waals surface area contributed by atoms with Gasteiger partial charge in [0.25, 0.3) is 0 Å². The lowest BCUT2D eigenvalue weighted by atomic mass is 9.86. The highest BCUT2D eigenvalue weighted by Crippen LogP contribution is 2.26. The van der Waals surface area contributed by atoms with Crippen LogP contribution in [0.25, 0.3) is 0 Å². The summed E-state index contributed by atoms with van der Waals surface area (Å²) in [7, 11) is 0. The molecule has 0 aliphatic heterocycles. The second-order valence-electron chi connectivity index (χ2n) is 3.33. The van der Waals surface area contributed by atoms with E-state index in [0.717, 1.165) is 12.8 Å². The number of rotatable bonds is 7. The number of hydrazine groups is 1. The maximum Gasteiger partial charge on any atom is 0.0852 e. The quantitative estimate of drug-likeness (QED) is 0.370. The standard InChI is InChI=1S/C11H22N2O/c1-5-9-10(13-12)11(6-2,7-3)14-8-4/h1,10,13H,6-9,12H2,2-4H3. The van der Waals surface area contributed by atoms with Crippen LogP contribution in [0.2, 0.25) is 0 Å². The van der Waals surface area contributed by atoms with Gasteiger partial charge in [0.05, 0.1) is 11.6 Å². The maximum absolute atomic E-state index is 5.80. The topological polar surface area (TPSA) is 47.3 Å². The molecule has 0 rings (SSSR count). The Bertz CT molecular complexity index is 182. The molecule has 0 radical (unpaired) electrons. The van der Waals surface area contributed by atoms with E-state index in [4.69, 9.17) is 17.0 Å². The second-order valence-corrected chi connectivity index (χ2v) is 3.33. The van der Waals surface area contributed by atoms with E-state index in [9.17, 15) is 0 Å². The summed E-state index contributed by atoms with van der Waals surface area (Å²) in [6.07, 6.45) is 7.72. The number of ether oxygens (including phenoxy) is 1. The molecule has 0 aliphatic carbocycles. The van der Waals surface area contributed by atoms with Gasteiger partial charge in [-0.2, -0.15) is 0 Å². The fourth-order valence-corrected chi connectivity index (χ4v) is 1.85. The van der Waals surface area contributed by atoms with Crippen molar-refractivity contribution in [2.24, 2.45) is 5.84 Å². The normalized spacial score (nSPS) is 13.6. The summed E-state index contributed by atoms with van der Waals surface area (Å²) in [5.41, 5.74) is 2.54. The number of hydrogen-bond acceptors (Lipinski definition) is 3. The van der Waals surface area contributed by atoms with E-state index in [-0.39, 0.29) is 11.6 Å². The average Bonchev–Trinajstić information content (AvgIpc) is 2.23. The number of terminal acetylenes is 1. The Balaban J connectivity index is 4.64. The fourth-order valence-electron chi connectivity index (χ4n) is 1.85. The Hall–Kier alpha value is -0.560. The molecule has 3 heteroatoms. The molecule has 0 amide bonds. The van der Waals surface area contributed by atoms with Gasteiger partial charge in [0.15, 0.2) is 0 Å². The minimum atomic E-state index is -0.226. The van der Waals surface area contributed by atoms with Crippen molar-refractivity contribution < 1.29 is 4.74 Å². The zero-order valence-electron chi connectivity index (χ0n) is 9.47. The lowest BCUT2D eigenvalue weighted by Crippen LogP contribution is -2.54. The van der Waals surface area contributed by atoms with Crippen LogP contribution in [0.5, 0.6) is 0 Å². The molecule has 14 heavy (non-hydrogen) atoms.